The highest BCUT2D eigenvalue weighted by molar-refractivity contribution is 7.16. The van der Waals surface area contributed by atoms with Crippen LogP contribution in [0.3, 0.4) is 0 Å². The minimum Gasteiger partial charge on any atom is -0.406 e. The fourth-order valence-electron chi connectivity index (χ4n) is 2.79. The summed E-state index contributed by atoms with van der Waals surface area (Å²) in [5, 5.41) is 3.08. The van der Waals surface area contributed by atoms with Crippen molar-refractivity contribution in [1.29, 1.82) is 0 Å². The molecule has 34 heavy (non-hydrogen) atoms. The van der Waals surface area contributed by atoms with Crippen molar-refractivity contribution in [2.45, 2.75) is 19.7 Å². The van der Waals surface area contributed by atoms with Gasteiger partial charge >= 0.3 is 12.4 Å². The summed E-state index contributed by atoms with van der Waals surface area (Å²) in [7, 11) is 3.24. The molecule has 0 aliphatic carbocycles. The molecule has 10 heteroatoms. The van der Waals surface area contributed by atoms with Crippen LogP contribution in [0.25, 0.3) is 0 Å². The van der Waals surface area contributed by atoms with Crippen LogP contribution in [-0.2, 0) is 6.42 Å². The molecule has 0 saturated heterocycles. The molecule has 0 spiro atoms. The van der Waals surface area contributed by atoms with Gasteiger partial charge < -0.3 is 9.64 Å². The van der Waals surface area contributed by atoms with Gasteiger partial charge in [0.05, 0.1) is 11.1 Å². The zero-order valence-electron chi connectivity index (χ0n) is 18.5. The van der Waals surface area contributed by atoms with Gasteiger partial charge in [-0.3, -0.25) is 10.1 Å². The van der Waals surface area contributed by atoms with Crippen LogP contribution in [0.4, 0.5) is 23.1 Å². The molecule has 0 saturated carbocycles. The Bertz CT molecular complexity index is 1270. The molecule has 0 fully saturated rings. The summed E-state index contributed by atoms with van der Waals surface area (Å²) in [4.78, 5) is 30.5. The Morgan fingerprint density at radius 3 is 2.62 bits per heavy atom. The first-order chi connectivity index (χ1) is 16.0. The number of halogens is 3. The maximum absolute atomic E-state index is 12.6. The number of aryl methyl sites for hydroxylation is 1. The number of rotatable bonds is 5. The minimum absolute atomic E-state index is 0.00823. The summed E-state index contributed by atoms with van der Waals surface area (Å²) < 4.78 is 41.2. The van der Waals surface area contributed by atoms with Crippen LogP contribution < -0.4 is 10.1 Å². The van der Waals surface area contributed by atoms with E-state index in [4.69, 9.17) is 0 Å². The average molecular weight is 488 g/mol. The van der Waals surface area contributed by atoms with Gasteiger partial charge in [-0.2, -0.15) is 0 Å². The van der Waals surface area contributed by atoms with Gasteiger partial charge in [0.1, 0.15) is 5.75 Å². The van der Waals surface area contributed by atoms with E-state index in [0.29, 0.717) is 21.1 Å². The number of ether oxygens (including phenoxy) is 1. The molecule has 0 aliphatic rings. The summed E-state index contributed by atoms with van der Waals surface area (Å²) in [6, 6.07) is 10.1. The van der Waals surface area contributed by atoms with Gasteiger partial charge in [-0.15, -0.1) is 13.2 Å². The predicted molar refractivity (Wildman–Crippen MR) is 123 cm³/mol. The number of benzene rings is 2. The third kappa shape index (κ3) is 7.08. The average Bonchev–Trinajstić information content (AvgIpc) is 3.20. The van der Waals surface area contributed by atoms with Crippen LogP contribution in [0.1, 0.15) is 31.9 Å². The molecule has 3 aromatic rings. The molecular formula is C24H20F3N3O3S. The van der Waals surface area contributed by atoms with Gasteiger partial charge in [-0.1, -0.05) is 41.5 Å². The lowest BCUT2D eigenvalue weighted by molar-refractivity contribution is -0.274. The van der Waals surface area contributed by atoms with Crippen LogP contribution in [0, 0.1) is 18.8 Å². The Balaban J connectivity index is 1.73. The first-order valence-electron chi connectivity index (χ1n) is 9.95. The molecule has 0 aliphatic heterocycles. The topological polar surface area (TPSA) is 71.5 Å². The minimum atomic E-state index is -4.83. The van der Waals surface area contributed by atoms with E-state index in [0.717, 1.165) is 17.7 Å². The number of carbonyl (C=O) groups excluding carboxylic acids is 2. The number of carbonyl (C=O) groups is 2. The molecule has 3 rings (SSSR count). The van der Waals surface area contributed by atoms with E-state index in [2.05, 4.69) is 26.9 Å². The van der Waals surface area contributed by atoms with Crippen molar-refractivity contribution in [3.05, 3.63) is 75.8 Å². The Morgan fingerprint density at radius 1 is 1.15 bits per heavy atom. The number of urea groups is 1. The van der Waals surface area contributed by atoms with Crippen molar-refractivity contribution in [2.75, 3.05) is 19.4 Å². The number of hydrogen-bond donors (Lipinski definition) is 1. The maximum atomic E-state index is 12.6. The third-order valence-electron chi connectivity index (χ3n) is 4.50. The third-order valence-corrected chi connectivity index (χ3v) is 5.33. The molecule has 2 amide bonds. The van der Waals surface area contributed by atoms with E-state index in [1.54, 1.807) is 32.4 Å². The molecule has 0 radical (unpaired) electrons. The molecule has 2 aromatic carbocycles. The number of ketones is 1. The van der Waals surface area contributed by atoms with Crippen molar-refractivity contribution < 1.29 is 27.5 Å². The first kappa shape index (κ1) is 24.8. The number of amides is 2. The lowest BCUT2D eigenvalue weighted by Gasteiger charge is -2.10. The molecule has 1 N–H and O–H groups in total. The molecule has 0 atom stereocenters. The standard InChI is InChI=1S/C24H20F3N3O3S/c1-15-7-8-16(12-21(31)18-5-4-6-19(13-18)33-24(25,26)27)11-17(15)9-10-20-14-28-22(34-20)29-23(32)30(2)3/h4-8,11,13-14H,12H2,1-3H3,(H,28,29,32). The van der Waals surface area contributed by atoms with Gasteiger partial charge in [0.2, 0.25) is 0 Å². The van der Waals surface area contributed by atoms with Gasteiger partial charge in [-0.25, -0.2) is 9.78 Å². The second-order valence-corrected chi connectivity index (χ2v) is 8.46. The van der Waals surface area contributed by atoms with Crippen LogP contribution in [0.15, 0.2) is 48.7 Å². The predicted octanol–water partition coefficient (Wildman–Crippen LogP) is 5.27. The lowest BCUT2D eigenvalue weighted by atomic mass is 9.99. The lowest BCUT2D eigenvalue weighted by Crippen LogP contribution is -2.27. The SMILES string of the molecule is Cc1ccc(CC(=O)c2cccc(OC(F)(F)F)c2)cc1C#Cc1cnc(NC(=O)N(C)C)s1. The maximum Gasteiger partial charge on any atom is 0.573 e. The Hall–Kier alpha value is -3.84. The zero-order valence-corrected chi connectivity index (χ0v) is 19.3. The molecule has 1 heterocycles. The van der Waals surface area contributed by atoms with Crippen LogP contribution in [0.5, 0.6) is 5.75 Å². The summed E-state index contributed by atoms with van der Waals surface area (Å²) >= 11 is 1.23. The second-order valence-electron chi connectivity index (χ2n) is 7.43. The van der Waals surface area contributed by atoms with Crippen molar-refractivity contribution in [3.63, 3.8) is 0 Å². The van der Waals surface area contributed by atoms with Crippen molar-refractivity contribution in [2.24, 2.45) is 0 Å². The molecular weight excluding hydrogens is 467 g/mol. The fourth-order valence-corrected chi connectivity index (χ4v) is 3.45. The summed E-state index contributed by atoms with van der Waals surface area (Å²) in [5.74, 6) is 5.25. The number of anilines is 1. The number of alkyl halides is 3. The van der Waals surface area contributed by atoms with Crippen LogP contribution in [0.2, 0.25) is 0 Å². The highest BCUT2D eigenvalue weighted by Crippen LogP contribution is 2.24. The monoisotopic (exact) mass is 487 g/mol. The van der Waals surface area contributed by atoms with Crippen molar-refractivity contribution in [1.82, 2.24) is 9.88 Å². The Labute approximate surface area is 198 Å². The second kappa shape index (κ2) is 10.4. The van der Waals surface area contributed by atoms with Gasteiger partial charge in [0, 0.05) is 31.6 Å². The Morgan fingerprint density at radius 2 is 1.91 bits per heavy atom. The number of aromatic nitrogens is 1. The summed E-state index contributed by atoms with van der Waals surface area (Å²) in [5.41, 5.74) is 2.39. The van der Waals surface area contributed by atoms with Crippen molar-refractivity contribution in [3.8, 4) is 17.6 Å². The number of nitrogens with one attached hydrogen (secondary N) is 1. The van der Waals surface area contributed by atoms with Crippen LogP contribution >= 0.6 is 11.3 Å². The van der Waals surface area contributed by atoms with E-state index < -0.39 is 12.1 Å². The van der Waals surface area contributed by atoms with E-state index >= 15 is 0 Å². The molecule has 0 unspecified atom stereocenters. The smallest absolute Gasteiger partial charge is 0.406 e. The number of Topliss-reactive ketones (excluding diaryl/α,β-unsaturated/α-hetero) is 1. The Kier molecular flexibility index (Phi) is 7.58. The van der Waals surface area contributed by atoms with Gasteiger partial charge in [-0.05, 0) is 42.2 Å². The normalized spacial score (nSPS) is 10.8. The molecule has 0 bridgehead atoms. The summed E-state index contributed by atoms with van der Waals surface area (Å²) in [6.45, 7) is 1.88. The number of thiazole rings is 1. The van der Waals surface area contributed by atoms with E-state index in [-0.39, 0.29) is 23.8 Å². The number of nitrogens with zero attached hydrogens (tertiary/aromatic N) is 2. The quantitative estimate of drug-likeness (QED) is 0.393. The molecule has 1 aromatic heterocycles. The summed E-state index contributed by atoms with van der Waals surface area (Å²) in [6.07, 6.45) is -3.28. The van der Waals surface area contributed by atoms with E-state index in [9.17, 15) is 22.8 Å². The van der Waals surface area contributed by atoms with E-state index in [1.165, 1.54) is 28.4 Å². The van der Waals surface area contributed by atoms with E-state index in [1.807, 2.05) is 13.0 Å². The first-order valence-corrected chi connectivity index (χ1v) is 10.8. The molecule has 6 nitrogen and oxygen atoms in total. The van der Waals surface area contributed by atoms with Gasteiger partial charge in [0.15, 0.2) is 10.9 Å². The zero-order chi connectivity index (χ0) is 24.9. The van der Waals surface area contributed by atoms with Crippen LogP contribution in [-0.4, -0.2) is 42.2 Å². The highest BCUT2D eigenvalue weighted by Gasteiger charge is 2.31. The van der Waals surface area contributed by atoms with Crippen molar-refractivity contribution >= 4 is 28.3 Å². The largest absolute Gasteiger partial charge is 0.573 e. The number of hydrogen-bond acceptors (Lipinski definition) is 5. The fraction of sp³-hybridized carbons (Fsp3) is 0.208. The van der Waals surface area contributed by atoms with Gasteiger partial charge in [0.25, 0.3) is 0 Å². The highest BCUT2D eigenvalue weighted by atomic mass is 32.1. The molecule has 176 valence electrons.